The molecule has 1 aliphatic heterocycles. The maximum Gasteiger partial charge on any atom is 0.269 e. The summed E-state index contributed by atoms with van der Waals surface area (Å²) in [5.74, 6) is 0.627. The monoisotopic (exact) mass is 385 g/mol. The summed E-state index contributed by atoms with van der Waals surface area (Å²) in [4.78, 5) is 25.9. The molecule has 2 unspecified atom stereocenters. The molecule has 1 fully saturated rings. The van der Waals surface area contributed by atoms with E-state index in [2.05, 4.69) is 17.1 Å². The Morgan fingerprint density at radius 2 is 1.89 bits per heavy atom. The summed E-state index contributed by atoms with van der Waals surface area (Å²) < 4.78 is 0. The van der Waals surface area contributed by atoms with Crippen molar-refractivity contribution >= 4 is 34.7 Å². The number of amides is 1. The van der Waals surface area contributed by atoms with Gasteiger partial charge < -0.3 is 10.2 Å². The van der Waals surface area contributed by atoms with E-state index in [1.54, 1.807) is 12.1 Å². The predicted octanol–water partition coefficient (Wildman–Crippen LogP) is 4.56. The molecule has 0 aliphatic carbocycles. The van der Waals surface area contributed by atoms with Crippen LogP contribution in [0.5, 0.6) is 0 Å². The van der Waals surface area contributed by atoms with Crippen molar-refractivity contribution in [2.75, 3.05) is 23.3 Å². The molecule has 7 heteroatoms. The molecular formula is C20H23N3O3S. The van der Waals surface area contributed by atoms with Crippen molar-refractivity contribution in [2.24, 2.45) is 5.92 Å². The smallest absolute Gasteiger partial charge is 0.269 e. The first-order valence-corrected chi connectivity index (χ1v) is 9.87. The highest BCUT2D eigenvalue weighted by atomic mass is 32.2. The molecule has 0 spiro atoms. The van der Waals surface area contributed by atoms with Gasteiger partial charge in [-0.1, -0.05) is 6.92 Å². The molecule has 27 heavy (non-hydrogen) atoms. The molecule has 1 heterocycles. The lowest BCUT2D eigenvalue weighted by atomic mass is 10.2. The number of nitro benzene ring substituents is 1. The highest BCUT2D eigenvalue weighted by Gasteiger charge is 2.19. The normalized spacial score (nSPS) is 17.6. The number of non-ortho nitro benzene ring substituents is 1. The zero-order valence-corrected chi connectivity index (χ0v) is 16.2. The van der Waals surface area contributed by atoms with E-state index in [9.17, 15) is 14.9 Å². The van der Waals surface area contributed by atoms with Gasteiger partial charge in [-0.15, -0.1) is 11.8 Å². The predicted molar refractivity (Wildman–Crippen MR) is 109 cm³/mol. The standard InChI is InChI=1S/C20H23N3O3S/c1-14-11-12-22(13-14)17-5-3-16(4-6-17)21-20(24)15(2)27-19-9-7-18(8-10-19)23(25)26/h3-10,14-15H,11-13H2,1-2H3,(H,21,24). The number of carbonyl (C=O) groups excluding carboxylic acids is 1. The molecule has 1 aliphatic rings. The number of nitrogens with one attached hydrogen (secondary N) is 1. The first-order chi connectivity index (χ1) is 12.9. The van der Waals surface area contributed by atoms with Crippen LogP contribution in [0.1, 0.15) is 20.3 Å². The molecule has 2 aromatic carbocycles. The molecule has 6 nitrogen and oxygen atoms in total. The fraction of sp³-hybridized carbons (Fsp3) is 0.350. The van der Waals surface area contributed by atoms with Crippen LogP contribution in [0.4, 0.5) is 17.1 Å². The number of hydrogen-bond acceptors (Lipinski definition) is 5. The van der Waals surface area contributed by atoms with Crippen molar-refractivity contribution < 1.29 is 9.72 Å². The maximum atomic E-state index is 12.4. The summed E-state index contributed by atoms with van der Waals surface area (Å²) in [5.41, 5.74) is 2.00. The number of benzene rings is 2. The molecule has 1 amide bonds. The number of nitro groups is 1. The summed E-state index contributed by atoms with van der Waals surface area (Å²) in [6, 6.07) is 14.2. The molecular weight excluding hydrogens is 362 g/mol. The van der Waals surface area contributed by atoms with Crippen molar-refractivity contribution in [3.8, 4) is 0 Å². The Labute approximate surface area is 163 Å². The fourth-order valence-corrected chi connectivity index (χ4v) is 3.94. The Balaban J connectivity index is 1.55. The van der Waals surface area contributed by atoms with Gasteiger partial charge in [0.05, 0.1) is 10.2 Å². The van der Waals surface area contributed by atoms with E-state index in [0.29, 0.717) is 0 Å². The van der Waals surface area contributed by atoms with Crippen LogP contribution < -0.4 is 10.2 Å². The van der Waals surface area contributed by atoms with E-state index >= 15 is 0 Å². The Bertz CT molecular complexity index is 808. The summed E-state index contributed by atoms with van der Waals surface area (Å²) in [7, 11) is 0. The Hall–Kier alpha value is -2.54. The topological polar surface area (TPSA) is 75.5 Å². The fourth-order valence-electron chi connectivity index (χ4n) is 3.07. The average Bonchev–Trinajstić information content (AvgIpc) is 3.09. The maximum absolute atomic E-state index is 12.4. The van der Waals surface area contributed by atoms with E-state index in [1.807, 2.05) is 31.2 Å². The van der Waals surface area contributed by atoms with E-state index in [4.69, 9.17) is 0 Å². The molecule has 1 saturated heterocycles. The van der Waals surface area contributed by atoms with Crippen LogP contribution in [0.15, 0.2) is 53.4 Å². The van der Waals surface area contributed by atoms with E-state index in [1.165, 1.54) is 36.0 Å². The van der Waals surface area contributed by atoms with Gasteiger partial charge >= 0.3 is 0 Å². The van der Waals surface area contributed by atoms with Crippen LogP contribution in [0.25, 0.3) is 0 Å². The summed E-state index contributed by atoms with van der Waals surface area (Å²) in [6.07, 6.45) is 1.22. The van der Waals surface area contributed by atoms with Crippen LogP contribution in [0.2, 0.25) is 0 Å². The summed E-state index contributed by atoms with van der Waals surface area (Å²) >= 11 is 1.37. The van der Waals surface area contributed by atoms with Gasteiger partial charge in [0.15, 0.2) is 0 Å². The molecule has 1 N–H and O–H groups in total. The minimum absolute atomic E-state index is 0.0453. The van der Waals surface area contributed by atoms with Gasteiger partial charge in [-0.2, -0.15) is 0 Å². The van der Waals surface area contributed by atoms with Crippen LogP contribution in [-0.4, -0.2) is 29.2 Å². The van der Waals surface area contributed by atoms with E-state index < -0.39 is 4.92 Å². The minimum Gasteiger partial charge on any atom is -0.371 e. The molecule has 142 valence electrons. The second kappa shape index (κ2) is 8.43. The Morgan fingerprint density at radius 1 is 1.22 bits per heavy atom. The van der Waals surface area contributed by atoms with Crippen LogP contribution >= 0.6 is 11.8 Å². The molecule has 2 aromatic rings. The quantitative estimate of drug-likeness (QED) is 0.448. The van der Waals surface area contributed by atoms with Gasteiger partial charge in [0.2, 0.25) is 5.91 Å². The highest BCUT2D eigenvalue weighted by molar-refractivity contribution is 8.00. The van der Waals surface area contributed by atoms with Gasteiger partial charge in [-0.3, -0.25) is 14.9 Å². The largest absolute Gasteiger partial charge is 0.371 e. The molecule has 0 aromatic heterocycles. The molecule has 0 radical (unpaired) electrons. The average molecular weight is 385 g/mol. The molecule has 0 saturated carbocycles. The number of hydrogen-bond donors (Lipinski definition) is 1. The molecule has 3 rings (SSSR count). The van der Waals surface area contributed by atoms with Crippen LogP contribution in [0.3, 0.4) is 0 Å². The first kappa shape index (κ1) is 19.2. The van der Waals surface area contributed by atoms with E-state index in [0.717, 1.165) is 29.6 Å². The van der Waals surface area contributed by atoms with Crippen molar-refractivity contribution in [3.63, 3.8) is 0 Å². The second-order valence-electron chi connectivity index (χ2n) is 6.89. The van der Waals surface area contributed by atoms with Crippen molar-refractivity contribution in [2.45, 2.75) is 30.4 Å². The molecule has 2 atom stereocenters. The van der Waals surface area contributed by atoms with Crippen molar-refractivity contribution in [3.05, 3.63) is 58.6 Å². The molecule has 0 bridgehead atoms. The van der Waals surface area contributed by atoms with E-state index in [-0.39, 0.29) is 16.8 Å². The van der Waals surface area contributed by atoms with Crippen molar-refractivity contribution in [1.29, 1.82) is 0 Å². The lowest BCUT2D eigenvalue weighted by Crippen LogP contribution is -2.22. The Morgan fingerprint density at radius 3 is 2.44 bits per heavy atom. The summed E-state index contributed by atoms with van der Waals surface area (Å²) in [5, 5.41) is 13.3. The summed E-state index contributed by atoms with van der Waals surface area (Å²) in [6.45, 7) is 6.24. The zero-order chi connectivity index (χ0) is 19.4. The van der Waals surface area contributed by atoms with Gasteiger partial charge in [-0.05, 0) is 55.7 Å². The van der Waals surface area contributed by atoms with Gasteiger partial charge in [0, 0.05) is 41.5 Å². The third kappa shape index (κ3) is 5.01. The number of carbonyl (C=O) groups is 1. The number of thioether (sulfide) groups is 1. The minimum atomic E-state index is -0.433. The van der Waals surface area contributed by atoms with Gasteiger partial charge in [0.25, 0.3) is 5.69 Å². The zero-order valence-electron chi connectivity index (χ0n) is 15.4. The third-order valence-corrected chi connectivity index (χ3v) is 5.77. The lowest BCUT2D eigenvalue weighted by Gasteiger charge is -2.19. The highest BCUT2D eigenvalue weighted by Crippen LogP contribution is 2.27. The third-order valence-electron chi connectivity index (χ3n) is 4.65. The van der Waals surface area contributed by atoms with Gasteiger partial charge in [-0.25, -0.2) is 0 Å². The van der Waals surface area contributed by atoms with Crippen molar-refractivity contribution in [1.82, 2.24) is 0 Å². The lowest BCUT2D eigenvalue weighted by molar-refractivity contribution is -0.384. The second-order valence-corrected chi connectivity index (χ2v) is 8.30. The van der Waals surface area contributed by atoms with Crippen LogP contribution in [-0.2, 0) is 4.79 Å². The van der Waals surface area contributed by atoms with Gasteiger partial charge in [0.1, 0.15) is 0 Å². The first-order valence-electron chi connectivity index (χ1n) is 8.99. The SMILES string of the molecule is CC1CCN(c2ccc(NC(=O)C(C)Sc3ccc([N+](=O)[O-])cc3)cc2)C1. The number of anilines is 2. The number of nitrogens with zero attached hydrogens (tertiary/aromatic N) is 2. The number of rotatable bonds is 6. The Kier molecular flexibility index (Phi) is 6.01. The van der Waals surface area contributed by atoms with Crippen LogP contribution in [0, 0.1) is 16.0 Å².